The van der Waals surface area contributed by atoms with Crippen LogP contribution in [0.3, 0.4) is 0 Å². The third-order valence-corrected chi connectivity index (χ3v) is 7.46. The third-order valence-electron chi connectivity index (χ3n) is 7.46. The monoisotopic (exact) mass is 569 g/mol. The number of piperidine rings is 1. The molecule has 7 heterocycles. The summed E-state index contributed by atoms with van der Waals surface area (Å²) < 4.78 is 49.1. The van der Waals surface area contributed by atoms with Crippen molar-refractivity contribution in [1.82, 2.24) is 25.2 Å². The quantitative estimate of drug-likeness (QED) is 0.424. The number of carbonyl (C=O) groups is 1. The molecule has 3 N–H and O–H groups in total. The average Bonchev–Trinajstić information content (AvgIpc) is 3.40. The zero-order valence-electron chi connectivity index (χ0n) is 22.3. The zero-order chi connectivity index (χ0) is 28.6. The molecule has 10 bridgehead atoms. The van der Waals surface area contributed by atoms with E-state index in [0.29, 0.717) is 48.2 Å². The number of alkyl halides is 3. The van der Waals surface area contributed by atoms with Crippen molar-refractivity contribution in [1.29, 1.82) is 0 Å². The highest BCUT2D eigenvalue weighted by Crippen LogP contribution is 2.45. The van der Waals surface area contributed by atoms with E-state index in [4.69, 9.17) is 9.47 Å². The van der Waals surface area contributed by atoms with Crippen LogP contribution in [0.4, 0.5) is 30.8 Å². The minimum atomic E-state index is -4.55. The Hall–Kier alpha value is -4.13. The normalized spacial score (nSPS) is 24.2. The van der Waals surface area contributed by atoms with Gasteiger partial charge >= 0.3 is 12.2 Å². The van der Waals surface area contributed by atoms with E-state index in [2.05, 4.69) is 37.8 Å². The Morgan fingerprint density at radius 1 is 1.00 bits per heavy atom. The molecule has 2 fully saturated rings. The van der Waals surface area contributed by atoms with Crippen LogP contribution in [0.5, 0.6) is 11.8 Å². The van der Waals surface area contributed by atoms with Crippen LogP contribution in [-0.4, -0.2) is 70.8 Å². The molecule has 7 aliphatic rings. The summed E-state index contributed by atoms with van der Waals surface area (Å²) in [5.74, 6) is 1.97. The smallest absolute Gasteiger partial charge is 0.422 e. The van der Waals surface area contributed by atoms with Crippen molar-refractivity contribution in [3.63, 3.8) is 0 Å². The molecule has 0 radical (unpaired) electrons. The van der Waals surface area contributed by atoms with E-state index in [1.165, 1.54) is 0 Å². The Bertz CT molecular complexity index is 1380. The molecule has 41 heavy (non-hydrogen) atoms. The lowest BCUT2D eigenvalue weighted by Crippen LogP contribution is -2.37. The molecular formula is C28H30F3N7O3. The van der Waals surface area contributed by atoms with Gasteiger partial charge in [-0.25, -0.2) is 0 Å². The van der Waals surface area contributed by atoms with E-state index in [-0.39, 0.29) is 17.8 Å². The van der Waals surface area contributed by atoms with Crippen LogP contribution in [0.2, 0.25) is 0 Å². The first-order valence-electron chi connectivity index (χ1n) is 13.5. The Morgan fingerprint density at radius 2 is 1.71 bits per heavy atom. The lowest BCUT2D eigenvalue weighted by atomic mass is 10.1. The van der Waals surface area contributed by atoms with E-state index in [1.807, 2.05) is 29.2 Å². The van der Waals surface area contributed by atoms with Crippen LogP contribution in [0.1, 0.15) is 22.8 Å². The van der Waals surface area contributed by atoms with Crippen LogP contribution in [0.15, 0.2) is 48.5 Å². The van der Waals surface area contributed by atoms with Gasteiger partial charge in [0.2, 0.25) is 11.9 Å². The second kappa shape index (κ2) is 11.0. The molecule has 1 aromatic heterocycles. The van der Waals surface area contributed by atoms with Gasteiger partial charge in [-0.3, -0.25) is 4.79 Å². The molecule has 1 saturated carbocycles. The SMILES string of the molecule is CC1CNC2C3CN(CC32)C(=O)c2ccc(cc2)Nc2nc(nc(OCC(F)(F)F)n2)NCc2ccc(cc2)OC1. The molecular weight excluding hydrogens is 539 g/mol. The number of carbonyl (C=O) groups excluding carboxylic acids is 1. The molecule has 0 spiro atoms. The molecule has 3 unspecified atom stereocenters. The Balaban J connectivity index is 1.24. The number of ether oxygens (including phenoxy) is 2. The second-order valence-electron chi connectivity index (χ2n) is 10.8. The summed E-state index contributed by atoms with van der Waals surface area (Å²) in [5.41, 5.74) is 2.00. The van der Waals surface area contributed by atoms with Gasteiger partial charge in [0.1, 0.15) is 5.75 Å². The Kier molecular flexibility index (Phi) is 7.28. The number of hydrogen-bond acceptors (Lipinski definition) is 9. The topological polar surface area (TPSA) is 114 Å². The summed E-state index contributed by atoms with van der Waals surface area (Å²) in [6, 6.07) is 14.3. The van der Waals surface area contributed by atoms with Gasteiger partial charge in [-0.2, -0.15) is 28.1 Å². The molecule has 1 aliphatic carbocycles. The highest BCUT2D eigenvalue weighted by atomic mass is 19.4. The molecule has 10 rings (SSSR count). The summed E-state index contributed by atoms with van der Waals surface area (Å²) in [6.45, 7) is 3.75. The first-order chi connectivity index (χ1) is 19.7. The van der Waals surface area contributed by atoms with Gasteiger partial charge < -0.3 is 30.3 Å². The molecule has 1 saturated heterocycles. The first-order valence-corrected chi connectivity index (χ1v) is 13.5. The van der Waals surface area contributed by atoms with Crippen molar-refractivity contribution in [3.05, 3.63) is 59.7 Å². The van der Waals surface area contributed by atoms with Crippen molar-refractivity contribution in [2.75, 3.05) is 43.5 Å². The number of anilines is 3. The fourth-order valence-corrected chi connectivity index (χ4v) is 5.22. The van der Waals surface area contributed by atoms with Gasteiger partial charge in [-0.1, -0.05) is 19.1 Å². The number of halogens is 3. The lowest BCUT2D eigenvalue weighted by Gasteiger charge is -2.21. The minimum Gasteiger partial charge on any atom is -0.493 e. The van der Waals surface area contributed by atoms with E-state index < -0.39 is 18.8 Å². The number of rotatable bonds is 2. The van der Waals surface area contributed by atoms with E-state index in [9.17, 15) is 18.0 Å². The maximum Gasteiger partial charge on any atom is 0.422 e. The fourth-order valence-electron chi connectivity index (χ4n) is 5.22. The predicted octanol–water partition coefficient (Wildman–Crippen LogP) is 3.86. The molecule has 2 aromatic carbocycles. The highest BCUT2D eigenvalue weighted by molar-refractivity contribution is 5.95. The van der Waals surface area contributed by atoms with Crippen LogP contribution < -0.4 is 25.4 Å². The summed E-state index contributed by atoms with van der Waals surface area (Å²) >= 11 is 0. The van der Waals surface area contributed by atoms with Crippen molar-refractivity contribution in [3.8, 4) is 11.8 Å². The number of benzene rings is 2. The second-order valence-corrected chi connectivity index (χ2v) is 10.8. The van der Waals surface area contributed by atoms with Crippen molar-refractivity contribution < 1.29 is 27.4 Å². The van der Waals surface area contributed by atoms with Gasteiger partial charge in [-0.05, 0) is 53.8 Å². The molecule has 6 aliphatic heterocycles. The van der Waals surface area contributed by atoms with Gasteiger partial charge in [0.05, 0.1) is 6.61 Å². The third kappa shape index (κ3) is 6.62. The van der Waals surface area contributed by atoms with Crippen LogP contribution in [0, 0.1) is 17.8 Å². The van der Waals surface area contributed by atoms with Crippen molar-refractivity contribution >= 4 is 23.5 Å². The molecule has 13 heteroatoms. The average molecular weight is 570 g/mol. The van der Waals surface area contributed by atoms with Crippen molar-refractivity contribution in [2.24, 2.45) is 17.8 Å². The maximum absolute atomic E-state index is 13.1. The molecule has 10 nitrogen and oxygen atoms in total. The Labute approximate surface area is 234 Å². The lowest BCUT2D eigenvalue weighted by molar-refractivity contribution is -0.154. The number of nitrogens with one attached hydrogen (secondary N) is 3. The number of nitrogens with zero attached hydrogens (tertiary/aromatic N) is 4. The van der Waals surface area contributed by atoms with Gasteiger partial charge in [0, 0.05) is 49.4 Å². The van der Waals surface area contributed by atoms with Gasteiger partial charge in [-0.15, -0.1) is 0 Å². The summed E-state index contributed by atoms with van der Waals surface area (Å²) in [4.78, 5) is 27.2. The van der Waals surface area contributed by atoms with Crippen LogP contribution in [0.25, 0.3) is 0 Å². The summed E-state index contributed by atoms with van der Waals surface area (Å²) in [7, 11) is 0. The number of amides is 1. The maximum atomic E-state index is 13.1. The standard InChI is InChI=1S/C28H30F3N7O3/c1-16-10-32-23-21-12-38(13-22(21)23)24(39)18-4-6-19(7-5-18)34-26-35-25(36-27(37-26)41-15-28(29,30)31)33-11-17-2-8-20(9-3-17)40-14-16/h2-9,16,21-23,32H,10-15H2,1H3,(H2,33,34,35,36,37). The van der Waals surface area contributed by atoms with E-state index in [1.54, 1.807) is 24.3 Å². The number of aromatic nitrogens is 3. The summed E-state index contributed by atoms with van der Waals surface area (Å²) in [6.07, 6.45) is -4.55. The molecule has 3 aromatic rings. The molecule has 1 amide bonds. The molecule has 216 valence electrons. The van der Waals surface area contributed by atoms with E-state index >= 15 is 0 Å². The van der Waals surface area contributed by atoms with Crippen molar-refractivity contribution in [2.45, 2.75) is 25.7 Å². The van der Waals surface area contributed by atoms with Gasteiger partial charge in [0.15, 0.2) is 6.61 Å². The van der Waals surface area contributed by atoms with Crippen LogP contribution >= 0.6 is 0 Å². The predicted molar refractivity (Wildman–Crippen MR) is 144 cm³/mol. The van der Waals surface area contributed by atoms with E-state index in [0.717, 1.165) is 30.9 Å². The summed E-state index contributed by atoms with van der Waals surface area (Å²) in [5, 5.41) is 9.63. The fraction of sp³-hybridized carbons (Fsp3) is 0.429. The zero-order valence-corrected chi connectivity index (χ0v) is 22.3. The molecule has 3 atom stereocenters. The number of hydrogen-bond donors (Lipinski definition) is 3. The van der Waals surface area contributed by atoms with Crippen LogP contribution in [-0.2, 0) is 6.54 Å². The largest absolute Gasteiger partial charge is 0.493 e. The first kappa shape index (κ1) is 27.1. The van der Waals surface area contributed by atoms with Gasteiger partial charge in [0.25, 0.3) is 5.91 Å². The Morgan fingerprint density at radius 3 is 2.41 bits per heavy atom. The minimum absolute atomic E-state index is 0.00996. The highest BCUT2D eigenvalue weighted by Gasteiger charge is 2.56.